The number of ether oxygens (including phenoxy) is 2. The van der Waals surface area contributed by atoms with Crippen LogP contribution in [-0.2, 0) is 10.2 Å². The average molecular weight is 439 g/mol. The van der Waals surface area contributed by atoms with E-state index in [9.17, 15) is 4.79 Å². The molecule has 32 heavy (non-hydrogen) atoms. The molecular weight excluding hydrogens is 396 g/mol. The Kier molecular flexibility index (Phi) is 7.86. The van der Waals surface area contributed by atoms with Crippen molar-refractivity contribution in [2.45, 2.75) is 99.5 Å². The first kappa shape index (κ1) is 26.0. The monoisotopic (exact) mass is 438 g/mol. The van der Waals surface area contributed by atoms with Gasteiger partial charge in [-0.05, 0) is 88.8 Å². The molecule has 0 bridgehead atoms. The van der Waals surface area contributed by atoms with Gasteiger partial charge in [-0.25, -0.2) is 0 Å². The molecule has 0 spiro atoms. The lowest BCUT2D eigenvalue weighted by Gasteiger charge is -2.30. The Bertz CT molecular complexity index is 951. The minimum absolute atomic E-state index is 0.173. The summed E-state index contributed by atoms with van der Waals surface area (Å²) in [6.07, 6.45) is 2.85. The first-order valence-electron chi connectivity index (χ1n) is 11.9. The van der Waals surface area contributed by atoms with Gasteiger partial charge in [-0.3, -0.25) is 4.79 Å². The summed E-state index contributed by atoms with van der Waals surface area (Å²) in [6.45, 7) is 20.9. The largest absolute Gasteiger partial charge is 0.488 e. The maximum atomic E-state index is 12.5. The van der Waals surface area contributed by atoms with Crippen molar-refractivity contribution in [2.24, 2.45) is 5.41 Å². The van der Waals surface area contributed by atoms with Crippen molar-refractivity contribution in [1.29, 1.82) is 0 Å². The van der Waals surface area contributed by atoms with Crippen molar-refractivity contribution < 1.29 is 14.3 Å². The lowest BCUT2D eigenvalue weighted by atomic mass is 9.77. The van der Waals surface area contributed by atoms with Gasteiger partial charge in [-0.15, -0.1) is 0 Å². The van der Waals surface area contributed by atoms with Crippen LogP contribution in [0.15, 0.2) is 36.4 Å². The van der Waals surface area contributed by atoms with Crippen molar-refractivity contribution >= 4 is 5.97 Å². The second-order valence-electron chi connectivity index (χ2n) is 10.8. The number of esters is 1. The minimum atomic E-state index is -0.489. The highest BCUT2D eigenvalue weighted by Gasteiger charge is 2.29. The number of rotatable bonds is 9. The highest BCUT2D eigenvalue weighted by atomic mass is 16.5. The molecule has 0 saturated heterocycles. The number of aryl methyl sites for hydroxylation is 2. The van der Waals surface area contributed by atoms with Crippen LogP contribution in [-0.4, -0.2) is 11.6 Å². The van der Waals surface area contributed by atoms with Gasteiger partial charge in [0, 0.05) is 5.41 Å². The lowest BCUT2D eigenvalue weighted by Crippen LogP contribution is -2.28. The summed E-state index contributed by atoms with van der Waals surface area (Å²) >= 11 is 0. The maximum Gasteiger partial charge on any atom is 0.316 e. The Hall–Kier alpha value is -2.29. The lowest BCUT2D eigenvalue weighted by molar-refractivity contribution is -0.144. The molecule has 2 aromatic carbocycles. The zero-order valence-electron chi connectivity index (χ0n) is 21.8. The maximum absolute atomic E-state index is 12.5. The highest BCUT2D eigenvalue weighted by Crippen LogP contribution is 2.37. The van der Waals surface area contributed by atoms with Crippen molar-refractivity contribution in [2.75, 3.05) is 0 Å². The normalized spacial score (nSPS) is 12.6. The first-order valence-corrected chi connectivity index (χ1v) is 11.9. The molecule has 0 aliphatic rings. The fraction of sp³-hybridized carbons (Fsp3) is 0.552. The quantitative estimate of drug-likeness (QED) is 0.294. The summed E-state index contributed by atoms with van der Waals surface area (Å²) in [5.74, 6) is 1.39. The fourth-order valence-electron chi connectivity index (χ4n) is 3.81. The van der Waals surface area contributed by atoms with Gasteiger partial charge >= 0.3 is 5.97 Å². The second-order valence-corrected chi connectivity index (χ2v) is 10.8. The fourth-order valence-corrected chi connectivity index (χ4v) is 3.81. The summed E-state index contributed by atoms with van der Waals surface area (Å²) in [5.41, 5.74) is 3.66. The van der Waals surface area contributed by atoms with Crippen LogP contribution in [0.5, 0.6) is 11.5 Å². The zero-order valence-corrected chi connectivity index (χ0v) is 21.8. The van der Waals surface area contributed by atoms with Crippen LogP contribution in [0.4, 0.5) is 0 Å². The molecule has 0 fully saturated rings. The number of hydrogen-bond donors (Lipinski definition) is 0. The van der Waals surface area contributed by atoms with Gasteiger partial charge in [0.2, 0.25) is 0 Å². The minimum Gasteiger partial charge on any atom is -0.488 e. The van der Waals surface area contributed by atoms with Crippen LogP contribution in [0.3, 0.4) is 0 Å². The molecule has 3 nitrogen and oxygen atoms in total. The van der Waals surface area contributed by atoms with E-state index < -0.39 is 5.41 Å². The topological polar surface area (TPSA) is 35.5 Å². The van der Waals surface area contributed by atoms with E-state index in [2.05, 4.69) is 71.9 Å². The Labute approximate surface area is 195 Å². The third kappa shape index (κ3) is 5.94. The predicted molar refractivity (Wildman–Crippen MR) is 134 cm³/mol. The van der Waals surface area contributed by atoms with E-state index in [1.54, 1.807) is 0 Å². The van der Waals surface area contributed by atoms with Crippen LogP contribution in [0.2, 0.25) is 0 Å². The summed E-state index contributed by atoms with van der Waals surface area (Å²) < 4.78 is 12.0. The molecule has 0 aliphatic carbocycles. The van der Waals surface area contributed by atoms with Gasteiger partial charge in [-0.2, -0.15) is 0 Å². The van der Waals surface area contributed by atoms with Crippen LogP contribution in [0.25, 0.3) is 0 Å². The van der Waals surface area contributed by atoms with E-state index in [0.29, 0.717) is 5.75 Å². The molecule has 0 aromatic heterocycles. The third-order valence-electron chi connectivity index (χ3n) is 6.67. The molecular formula is C29H42O3. The van der Waals surface area contributed by atoms with E-state index in [-0.39, 0.29) is 17.0 Å². The molecule has 176 valence electrons. The van der Waals surface area contributed by atoms with Crippen LogP contribution in [0.1, 0.15) is 96.9 Å². The molecule has 0 aliphatic heterocycles. The zero-order chi connectivity index (χ0) is 24.3. The van der Waals surface area contributed by atoms with Crippen LogP contribution in [0, 0.1) is 19.3 Å². The Morgan fingerprint density at radius 2 is 1.31 bits per heavy atom. The van der Waals surface area contributed by atoms with E-state index >= 15 is 0 Å². The van der Waals surface area contributed by atoms with Crippen molar-refractivity contribution in [1.82, 2.24) is 0 Å². The highest BCUT2D eigenvalue weighted by molar-refractivity contribution is 5.78. The Balaban J connectivity index is 2.29. The Morgan fingerprint density at radius 1 is 0.812 bits per heavy atom. The predicted octanol–water partition coefficient (Wildman–Crippen LogP) is 7.93. The summed E-state index contributed by atoms with van der Waals surface area (Å²) in [6, 6.07) is 12.6. The molecule has 0 atom stereocenters. The van der Waals surface area contributed by atoms with Crippen molar-refractivity contribution in [3.8, 4) is 11.5 Å². The average Bonchev–Trinajstić information content (AvgIpc) is 2.70. The summed E-state index contributed by atoms with van der Waals surface area (Å²) in [4.78, 5) is 12.5. The molecule has 0 amide bonds. The molecule has 2 aromatic rings. The van der Waals surface area contributed by atoms with Crippen molar-refractivity contribution in [3.63, 3.8) is 0 Å². The van der Waals surface area contributed by atoms with Gasteiger partial charge in [-0.1, -0.05) is 58.4 Å². The summed E-state index contributed by atoms with van der Waals surface area (Å²) in [5, 5.41) is 0. The van der Waals surface area contributed by atoms with E-state index in [1.165, 1.54) is 11.1 Å². The van der Waals surface area contributed by atoms with Gasteiger partial charge in [0.1, 0.15) is 17.1 Å². The van der Waals surface area contributed by atoms with Gasteiger partial charge in [0.05, 0.1) is 5.41 Å². The van der Waals surface area contributed by atoms with Crippen LogP contribution < -0.4 is 9.47 Å². The van der Waals surface area contributed by atoms with Gasteiger partial charge in [0.25, 0.3) is 0 Å². The van der Waals surface area contributed by atoms with Gasteiger partial charge in [0.15, 0.2) is 0 Å². The standard InChI is InChI=1S/C29H42O3/c1-11-17-28(7,8)32-25-16-14-23(19-21(25)4)29(9,10)22-13-15-24(20(3)18-22)31-26(30)27(5,6)12-2/h13-16,18-19H,11-12,17H2,1-10H3. The molecule has 0 radical (unpaired) electrons. The molecule has 2 rings (SSSR count). The smallest absolute Gasteiger partial charge is 0.316 e. The number of benzene rings is 2. The number of carbonyl (C=O) groups is 1. The Morgan fingerprint density at radius 3 is 1.75 bits per heavy atom. The van der Waals surface area contributed by atoms with Gasteiger partial charge < -0.3 is 9.47 Å². The molecule has 0 N–H and O–H groups in total. The SMILES string of the molecule is CCCC(C)(C)Oc1ccc(C(C)(C)c2ccc(OC(=O)C(C)(C)CC)c(C)c2)cc1C. The molecule has 0 unspecified atom stereocenters. The molecule has 0 saturated carbocycles. The number of hydrogen-bond acceptors (Lipinski definition) is 3. The number of carbonyl (C=O) groups excluding carboxylic acids is 1. The molecule has 0 heterocycles. The third-order valence-corrected chi connectivity index (χ3v) is 6.67. The first-order chi connectivity index (χ1) is 14.7. The van der Waals surface area contributed by atoms with E-state index in [4.69, 9.17) is 9.47 Å². The summed E-state index contributed by atoms with van der Waals surface area (Å²) in [7, 11) is 0. The molecule has 3 heteroatoms. The van der Waals surface area contributed by atoms with E-state index in [1.807, 2.05) is 33.8 Å². The van der Waals surface area contributed by atoms with E-state index in [0.717, 1.165) is 36.1 Å². The second kappa shape index (κ2) is 9.68. The van der Waals surface area contributed by atoms with Crippen LogP contribution >= 0.6 is 0 Å². The van der Waals surface area contributed by atoms with Crippen molar-refractivity contribution in [3.05, 3.63) is 58.7 Å².